The molecule has 0 aliphatic heterocycles. The molecular formula is C15H19N3O2S. The topological polar surface area (TPSA) is 59.1 Å². The van der Waals surface area contributed by atoms with Crippen molar-refractivity contribution < 1.29 is 9.84 Å². The number of hydrogen-bond acceptors (Lipinski definition) is 5. The summed E-state index contributed by atoms with van der Waals surface area (Å²) in [5, 5.41) is 16.3. The largest absolute Gasteiger partial charge is 0.507 e. The summed E-state index contributed by atoms with van der Waals surface area (Å²) >= 11 is 1.55. The molecular weight excluding hydrogens is 286 g/mol. The van der Waals surface area contributed by atoms with E-state index < -0.39 is 0 Å². The van der Waals surface area contributed by atoms with Gasteiger partial charge in [-0.15, -0.1) is 11.3 Å². The zero-order valence-electron chi connectivity index (χ0n) is 12.6. The zero-order valence-corrected chi connectivity index (χ0v) is 13.4. The predicted octanol–water partition coefficient (Wildman–Crippen LogP) is 2.76. The van der Waals surface area contributed by atoms with Crippen LogP contribution in [0, 0.1) is 6.92 Å². The number of aromatic nitrogens is 1. The maximum absolute atomic E-state index is 9.87. The highest BCUT2D eigenvalue weighted by atomic mass is 32.1. The Balaban J connectivity index is 2.40. The first-order chi connectivity index (χ1) is 10.0. The number of aromatic hydroxyl groups is 1. The quantitative estimate of drug-likeness (QED) is 0.883. The Hall–Kier alpha value is -2.08. The third-order valence-electron chi connectivity index (χ3n) is 2.77. The van der Waals surface area contributed by atoms with Crippen LogP contribution < -0.4 is 9.54 Å². The molecule has 1 heterocycles. The number of aryl methyl sites for hydroxylation is 1. The minimum atomic E-state index is 0.162. The summed E-state index contributed by atoms with van der Waals surface area (Å²) in [7, 11) is 1.59. The van der Waals surface area contributed by atoms with Gasteiger partial charge in [-0.2, -0.15) is 5.10 Å². The molecule has 2 aromatic rings. The number of methoxy groups -OCH3 is 1. The van der Waals surface area contributed by atoms with Gasteiger partial charge in [-0.25, -0.2) is 4.68 Å². The molecule has 0 aliphatic rings. The van der Waals surface area contributed by atoms with E-state index in [1.54, 1.807) is 47.5 Å². The first-order valence-electron chi connectivity index (χ1n) is 6.63. The number of benzene rings is 1. The molecule has 1 aromatic carbocycles. The third-order valence-corrected chi connectivity index (χ3v) is 3.71. The molecule has 1 N–H and O–H groups in total. The second-order valence-corrected chi connectivity index (χ2v) is 5.70. The number of rotatable bonds is 4. The summed E-state index contributed by atoms with van der Waals surface area (Å²) in [6, 6.07) is 5.23. The maximum atomic E-state index is 9.87. The van der Waals surface area contributed by atoms with E-state index in [9.17, 15) is 5.11 Å². The zero-order chi connectivity index (χ0) is 15.4. The van der Waals surface area contributed by atoms with E-state index in [-0.39, 0.29) is 11.8 Å². The van der Waals surface area contributed by atoms with Gasteiger partial charge in [-0.05, 0) is 39.0 Å². The number of phenols is 1. The molecule has 21 heavy (non-hydrogen) atoms. The van der Waals surface area contributed by atoms with Gasteiger partial charge in [0.2, 0.25) is 4.80 Å². The van der Waals surface area contributed by atoms with Gasteiger partial charge in [0.15, 0.2) is 0 Å². The third kappa shape index (κ3) is 3.72. The molecule has 0 fully saturated rings. The summed E-state index contributed by atoms with van der Waals surface area (Å²) in [5.41, 5.74) is 1.60. The van der Waals surface area contributed by atoms with Crippen molar-refractivity contribution in [1.82, 2.24) is 4.68 Å². The van der Waals surface area contributed by atoms with Gasteiger partial charge < -0.3 is 9.84 Å². The fourth-order valence-corrected chi connectivity index (χ4v) is 2.66. The van der Waals surface area contributed by atoms with Gasteiger partial charge in [0.25, 0.3) is 0 Å². The molecule has 0 spiro atoms. The SMILES string of the molecule is COc1ccc(O)c(C=Nn2c(C)csc2=NC(C)C)c1. The van der Waals surface area contributed by atoms with E-state index in [4.69, 9.17) is 4.74 Å². The fourth-order valence-electron chi connectivity index (χ4n) is 1.72. The monoisotopic (exact) mass is 305 g/mol. The van der Waals surface area contributed by atoms with Gasteiger partial charge in [-0.3, -0.25) is 4.99 Å². The minimum Gasteiger partial charge on any atom is -0.507 e. The summed E-state index contributed by atoms with van der Waals surface area (Å²) in [6.07, 6.45) is 1.61. The molecule has 6 heteroatoms. The molecule has 0 atom stereocenters. The highest BCUT2D eigenvalue weighted by Crippen LogP contribution is 2.21. The molecule has 0 saturated heterocycles. The lowest BCUT2D eigenvalue weighted by molar-refractivity contribution is 0.412. The highest BCUT2D eigenvalue weighted by molar-refractivity contribution is 7.07. The standard InChI is InChI=1S/C15H19N3O2S/c1-10(2)17-15-18(11(3)9-21-15)16-8-12-7-13(20-4)5-6-14(12)19/h5-10,19H,1-4H3. The van der Waals surface area contributed by atoms with Crippen LogP contribution in [0.1, 0.15) is 25.1 Å². The lowest BCUT2D eigenvalue weighted by Crippen LogP contribution is -2.14. The second kappa shape index (κ2) is 6.58. The number of nitrogens with zero attached hydrogens (tertiary/aromatic N) is 3. The minimum absolute atomic E-state index is 0.162. The molecule has 0 aliphatic carbocycles. The molecule has 0 unspecified atom stereocenters. The Bertz CT molecular complexity index is 714. The van der Waals surface area contributed by atoms with Gasteiger partial charge in [-0.1, -0.05) is 0 Å². The van der Waals surface area contributed by atoms with Crippen LogP contribution in [0.2, 0.25) is 0 Å². The van der Waals surface area contributed by atoms with Crippen molar-refractivity contribution in [2.24, 2.45) is 10.1 Å². The summed E-state index contributed by atoms with van der Waals surface area (Å²) < 4.78 is 6.92. The Morgan fingerprint density at radius 1 is 1.38 bits per heavy atom. The first-order valence-corrected chi connectivity index (χ1v) is 7.51. The van der Waals surface area contributed by atoms with Crippen LogP contribution in [0.3, 0.4) is 0 Å². The number of thiazole rings is 1. The van der Waals surface area contributed by atoms with Crippen molar-refractivity contribution in [3.05, 3.63) is 39.6 Å². The maximum Gasteiger partial charge on any atom is 0.206 e. The van der Waals surface area contributed by atoms with E-state index in [1.165, 1.54) is 0 Å². The summed E-state index contributed by atoms with van der Waals surface area (Å²) in [5.74, 6) is 0.837. The number of phenolic OH excluding ortho intramolecular Hbond substituents is 1. The van der Waals surface area contributed by atoms with E-state index in [1.807, 2.05) is 26.2 Å². The van der Waals surface area contributed by atoms with Crippen molar-refractivity contribution in [3.63, 3.8) is 0 Å². The number of hydrogen-bond donors (Lipinski definition) is 1. The van der Waals surface area contributed by atoms with Crippen LogP contribution in [0.15, 0.2) is 33.7 Å². The number of ether oxygens (including phenoxy) is 1. The lowest BCUT2D eigenvalue weighted by Gasteiger charge is -2.03. The molecule has 112 valence electrons. The van der Waals surface area contributed by atoms with E-state index in [2.05, 4.69) is 10.1 Å². The molecule has 5 nitrogen and oxygen atoms in total. The van der Waals surface area contributed by atoms with Crippen LogP contribution >= 0.6 is 11.3 Å². The van der Waals surface area contributed by atoms with Crippen molar-refractivity contribution in [3.8, 4) is 11.5 Å². The fraction of sp³-hybridized carbons (Fsp3) is 0.333. The van der Waals surface area contributed by atoms with E-state index >= 15 is 0 Å². The van der Waals surface area contributed by atoms with Gasteiger partial charge in [0.05, 0.1) is 19.0 Å². The van der Waals surface area contributed by atoms with E-state index in [0.29, 0.717) is 11.3 Å². The van der Waals surface area contributed by atoms with Crippen molar-refractivity contribution >= 4 is 17.6 Å². The van der Waals surface area contributed by atoms with Crippen LogP contribution in [-0.4, -0.2) is 29.1 Å². The van der Waals surface area contributed by atoms with Crippen LogP contribution in [0.5, 0.6) is 11.5 Å². The average Bonchev–Trinajstić information content (AvgIpc) is 2.78. The average molecular weight is 305 g/mol. The summed E-state index contributed by atoms with van der Waals surface area (Å²) in [6.45, 7) is 6.02. The van der Waals surface area contributed by atoms with Crippen molar-refractivity contribution in [1.29, 1.82) is 0 Å². The van der Waals surface area contributed by atoms with Gasteiger partial charge in [0.1, 0.15) is 11.5 Å². The predicted molar refractivity (Wildman–Crippen MR) is 85.4 cm³/mol. The Labute approximate surface area is 127 Å². The Kier molecular flexibility index (Phi) is 4.80. The van der Waals surface area contributed by atoms with E-state index in [0.717, 1.165) is 10.5 Å². The molecule has 0 bridgehead atoms. The van der Waals surface area contributed by atoms with Crippen molar-refractivity contribution in [2.75, 3.05) is 7.11 Å². The van der Waals surface area contributed by atoms with Crippen LogP contribution in [-0.2, 0) is 0 Å². The highest BCUT2D eigenvalue weighted by Gasteiger charge is 2.03. The molecule has 1 aromatic heterocycles. The van der Waals surface area contributed by atoms with Crippen molar-refractivity contribution in [2.45, 2.75) is 26.8 Å². The van der Waals surface area contributed by atoms with Crippen LogP contribution in [0.25, 0.3) is 0 Å². The summed E-state index contributed by atoms with van der Waals surface area (Å²) in [4.78, 5) is 5.36. The normalized spacial score (nSPS) is 12.5. The first kappa shape index (κ1) is 15.3. The molecule has 0 amide bonds. The van der Waals surface area contributed by atoms with Crippen LogP contribution in [0.4, 0.5) is 0 Å². The second-order valence-electron chi connectivity index (χ2n) is 4.86. The van der Waals surface area contributed by atoms with Gasteiger partial charge in [0, 0.05) is 17.0 Å². The molecule has 2 rings (SSSR count). The molecule has 0 saturated carbocycles. The Morgan fingerprint density at radius 3 is 2.81 bits per heavy atom. The van der Waals surface area contributed by atoms with Gasteiger partial charge >= 0.3 is 0 Å². The smallest absolute Gasteiger partial charge is 0.206 e. The molecule has 0 radical (unpaired) electrons. The Morgan fingerprint density at radius 2 is 2.14 bits per heavy atom. The lowest BCUT2D eigenvalue weighted by atomic mass is 10.2.